The molecule has 0 aromatic heterocycles. The highest BCUT2D eigenvalue weighted by Gasteiger charge is 2.57. The van der Waals surface area contributed by atoms with Crippen LogP contribution >= 0.6 is 0 Å². The molecule has 0 aromatic carbocycles. The van der Waals surface area contributed by atoms with E-state index in [1.807, 2.05) is 6.92 Å². The molecule has 0 bridgehead atoms. The minimum absolute atomic E-state index is 0.0449. The number of fused-ring (bicyclic) bond motifs is 9. The van der Waals surface area contributed by atoms with Crippen molar-refractivity contribution in [2.24, 2.45) is 11.8 Å². The molecule has 340 valence electrons. The van der Waals surface area contributed by atoms with Gasteiger partial charge in [0.05, 0.1) is 103 Å². The Bertz CT molecular complexity index is 1670. The van der Waals surface area contributed by atoms with E-state index in [0.717, 1.165) is 69.8 Å². The van der Waals surface area contributed by atoms with Crippen LogP contribution in [0.25, 0.3) is 0 Å². The second-order valence-corrected chi connectivity index (χ2v) is 21.4. The summed E-state index contributed by atoms with van der Waals surface area (Å²) in [5.74, 6) is 0.363. The quantitative estimate of drug-likeness (QED) is 0.233. The molecule has 10 heterocycles. The SMILES string of the molecule is C=C(C)CC1CC(O)C2OC3CC4(C)OC5C=CCC6OC7C(C)CC8OC9(C)CC(C)CC%10OC(=O)CC%10OC9CC8OC7CC=CCC6OC5CCCC4OC3CC2O1. The number of hydrogen-bond donors (Lipinski definition) is 1. The van der Waals surface area contributed by atoms with Crippen molar-refractivity contribution in [3.05, 3.63) is 36.5 Å². The summed E-state index contributed by atoms with van der Waals surface area (Å²) in [6, 6.07) is 0. The fraction of sp³-hybridized carbons (Fsp3) is 0.857. The van der Waals surface area contributed by atoms with Crippen molar-refractivity contribution in [2.75, 3.05) is 0 Å². The van der Waals surface area contributed by atoms with Crippen LogP contribution in [-0.4, -0.2) is 132 Å². The molecule has 0 radical (unpaired) electrons. The van der Waals surface area contributed by atoms with Gasteiger partial charge in [0.25, 0.3) is 0 Å². The number of ether oxygens (including phenoxy) is 10. The number of rotatable bonds is 2. The van der Waals surface area contributed by atoms with Crippen molar-refractivity contribution in [2.45, 2.75) is 252 Å². The van der Waals surface area contributed by atoms with E-state index in [1.54, 1.807) is 0 Å². The third-order valence-electron chi connectivity index (χ3n) is 16.1. The van der Waals surface area contributed by atoms with E-state index in [4.69, 9.17) is 47.4 Å². The van der Waals surface area contributed by atoms with Crippen molar-refractivity contribution >= 4 is 5.97 Å². The van der Waals surface area contributed by atoms with Gasteiger partial charge in [0.1, 0.15) is 24.4 Å². The number of aliphatic hydroxyl groups is 1. The first kappa shape index (κ1) is 43.2. The van der Waals surface area contributed by atoms with Gasteiger partial charge < -0.3 is 52.5 Å². The predicted molar refractivity (Wildman–Crippen MR) is 224 cm³/mol. The third kappa shape index (κ3) is 8.75. The first-order chi connectivity index (χ1) is 29.3. The van der Waals surface area contributed by atoms with E-state index >= 15 is 0 Å². The van der Waals surface area contributed by atoms with E-state index < -0.39 is 17.3 Å². The lowest BCUT2D eigenvalue weighted by molar-refractivity contribution is -0.316. The zero-order chi connectivity index (χ0) is 42.2. The number of aliphatic hydroxyl groups excluding tert-OH is 1. The van der Waals surface area contributed by atoms with Gasteiger partial charge in [-0.05, 0) is 96.8 Å². The smallest absolute Gasteiger partial charge is 0.308 e. The Morgan fingerprint density at radius 3 is 2.23 bits per heavy atom. The Hall–Kier alpha value is -1.71. The van der Waals surface area contributed by atoms with Crippen LogP contribution < -0.4 is 0 Å². The summed E-state index contributed by atoms with van der Waals surface area (Å²) >= 11 is 0. The zero-order valence-electron chi connectivity index (χ0n) is 37.1. The Morgan fingerprint density at radius 1 is 0.672 bits per heavy atom. The molecule has 22 unspecified atom stereocenters. The Kier molecular flexibility index (Phi) is 12.2. The lowest BCUT2D eigenvalue weighted by Crippen LogP contribution is -2.65. The lowest BCUT2D eigenvalue weighted by Gasteiger charge is -2.55. The summed E-state index contributed by atoms with van der Waals surface area (Å²) < 4.78 is 68.3. The van der Waals surface area contributed by atoms with Crippen LogP contribution in [0.1, 0.15) is 131 Å². The molecule has 10 aliphatic heterocycles. The molecule has 0 spiro atoms. The average Bonchev–Trinajstić information content (AvgIpc) is 3.49. The van der Waals surface area contributed by atoms with Gasteiger partial charge in [0.2, 0.25) is 0 Å². The Morgan fingerprint density at radius 2 is 1.39 bits per heavy atom. The van der Waals surface area contributed by atoms with Gasteiger partial charge in [-0.2, -0.15) is 0 Å². The highest BCUT2D eigenvalue weighted by atomic mass is 16.6. The molecule has 12 heteroatoms. The number of esters is 1. The van der Waals surface area contributed by atoms with Crippen molar-refractivity contribution in [3.8, 4) is 0 Å². The summed E-state index contributed by atoms with van der Waals surface area (Å²) in [7, 11) is 0. The molecule has 10 aliphatic rings. The second kappa shape index (κ2) is 17.3. The van der Waals surface area contributed by atoms with Crippen molar-refractivity contribution < 1.29 is 57.3 Å². The molecule has 8 saturated heterocycles. The minimum atomic E-state index is -0.583. The standard InChI is InChI=1S/C49H72O12/c1-26(2)17-29-20-30(50)47-41(52-29)21-37-42(59-47)25-49(6)43(55-37)16-10-14-33-34(60-49)15-9-13-32-31(53-33)11-7-8-12-35-46(58-32)28(4)19-40-38(54-35)22-44-48(5,61-40)24-27(3)18-36-39(56-44)23-45(51)57-36/h7-9,15,27-44,46-47,50H,1,10-14,16-25H2,2-6H3. The van der Waals surface area contributed by atoms with Gasteiger partial charge in [-0.25, -0.2) is 0 Å². The molecule has 0 saturated carbocycles. The second-order valence-electron chi connectivity index (χ2n) is 21.4. The molecule has 8 fully saturated rings. The fourth-order valence-electron chi connectivity index (χ4n) is 13.2. The summed E-state index contributed by atoms with van der Waals surface area (Å²) in [5, 5.41) is 11.2. The lowest BCUT2D eigenvalue weighted by atomic mass is 9.78. The maximum atomic E-state index is 12.3. The van der Waals surface area contributed by atoms with Gasteiger partial charge >= 0.3 is 5.97 Å². The van der Waals surface area contributed by atoms with Crippen LogP contribution in [0.4, 0.5) is 0 Å². The van der Waals surface area contributed by atoms with Gasteiger partial charge in [0.15, 0.2) is 0 Å². The monoisotopic (exact) mass is 853 g/mol. The van der Waals surface area contributed by atoms with Crippen molar-refractivity contribution in [3.63, 3.8) is 0 Å². The molecule has 22 atom stereocenters. The van der Waals surface area contributed by atoms with Crippen LogP contribution in [-0.2, 0) is 52.2 Å². The zero-order valence-corrected chi connectivity index (χ0v) is 37.1. The predicted octanol–water partition coefficient (Wildman–Crippen LogP) is 6.77. The third-order valence-corrected chi connectivity index (χ3v) is 16.1. The molecular weight excluding hydrogens is 781 g/mol. The number of carbonyl (C=O) groups is 1. The first-order valence-electron chi connectivity index (χ1n) is 24.1. The summed E-state index contributed by atoms with van der Waals surface area (Å²) in [4.78, 5) is 12.3. The van der Waals surface area contributed by atoms with Gasteiger partial charge in [-0.1, -0.05) is 43.7 Å². The van der Waals surface area contributed by atoms with Crippen LogP contribution in [0.3, 0.4) is 0 Å². The summed E-state index contributed by atoms with van der Waals surface area (Å²) in [6.07, 6.45) is 16.8. The summed E-state index contributed by atoms with van der Waals surface area (Å²) in [5.41, 5.74) is 0.00365. The van der Waals surface area contributed by atoms with E-state index in [9.17, 15) is 9.90 Å². The highest BCUT2D eigenvalue weighted by Crippen LogP contribution is 2.48. The van der Waals surface area contributed by atoms with Crippen LogP contribution in [0, 0.1) is 11.8 Å². The van der Waals surface area contributed by atoms with E-state index in [2.05, 4.69) is 58.6 Å². The maximum Gasteiger partial charge on any atom is 0.308 e. The molecule has 0 aliphatic carbocycles. The largest absolute Gasteiger partial charge is 0.459 e. The normalized spacial score (nSPS) is 53.5. The van der Waals surface area contributed by atoms with Crippen LogP contribution in [0.15, 0.2) is 36.5 Å². The maximum absolute atomic E-state index is 12.3. The van der Waals surface area contributed by atoms with Crippen molar-refractivity contribution in [1.82, 2.24) is 0 Å². The first-order valence-corrected chi connectivity index (χ1v) is 24.1. The van der Waals surface area contributed by atoms with Crippen molar-refractivity contribution in [1.29, 1.82) is 0 Å². The van der Waals surface area contributed by atoms with Crippen LogP contribution in [0.5, 0.6) is 0 Å². The van der Waals surface area contributed by atoms with Gasteiger partial charge in [-0.3, -0.25) is 4.79 Å². The van der Waals surface area contributed by atoms with E-state index in [1.165, 1.54) is 0 Å². The molecule has 10 rings (SSSR count). The molecule has 12 nitrogen and oxygen atoms in total. The Balaban J connectivity index is 0.822. The molecule has 61 heavy (non-hydrogen) atoms. The number of hydrogen-bond acceptors (Lipinski definition) is 12. The fourth-order valence-corrected chi connectivity index (χ4v) is 13.2. The molecule has 0 aromatic rings. The highest BCUT2D eigenvalue weighted by molar-refractivity contribution is 5.72. The van der Waals surface area contributed by atoms with Gasteiger partial charge in [0, 0.05) is 25.7 Å². The molecule has 0 amide bonds. The minimum Gasteiger partial charge on any atom is -0.459 e. The molecular formula is C49H72O12. The average molecular weight is 853 g/mol. The Labute approximate surface area is 362 Å². The van der Waals surface area contributed by atoms with E-state index in [0.29, 0.717) is 38.0 Å². The number of carbonyl (C=O) groups excluding carboxylic acids is 1. The van der Waals surface area contributed by atoms with E-state index in [-0.39, 0.29) is 116 Å². The van der Waals surface area contributed by atoms with Gasteiger partial charge in [-0.15, -0.1) is 6.58 Å². The molecule has 1 N–H and O–H groups in total. The summed E-state index contributed by atoms with van der Waals surface area (Å²) in [6.45, 7) is 15.0. The van der Waals surface area contributed by atoms with Crippen LogP contribution in [0.2, 0.25) is 0 Å². The topological polar surface area (TPSA) is 130 Å².